The largest absolute Gasteiger partial charge is 0.354 e. The van der Waals surface area contributed by atoms with Crippen LogP contribution in [0.4, 0.5) is 4.39 Å². The maximum absolute atomic E-state index is 13.6. The summed E-state index contributed by atoms with van der Waals surface area (Å²) in [6.07, 6.45) is 3.69. The summed E-state index contributed by atoms with van der Waals surface area (Å²) in [5, 5.41) is 6.43. The van der Waals surface area contributed by atoms with Crippen molar-refractivity contribution in [2.24, 2.45) is 0 Å². The van der Waals surface area contributed by atoms with Gasteiger partial charge in [0.15, 0.2) is 0 Å². The van der Waals surface area contributed by atoms with E-state index in [4.69, 9.17) is 0 Å². The fourth-order valence-electron chi connectivity index (χ4n) is 3.84. The average molecular weight is 356 g/mol. The molecule has 1 amide bonds. The van der Waals surface area contributed by atoms with Gasteiger partial charge in [-0.2, -0.15) is 0 Å². The fraction of sp³-hybridized carbons (Fsp3) is 0.611. The molecule has 3 rings (SSSR count). The number of hydrogen-bond donors (Lipinski definition) is 2. The molecule has 1 aromatic carbocycles. The SMILES string of the molecule is Cl.O=C(NCCN1CCNCC1)C1(c2cccc(F)c2)CCCC1. The van der Waals surface area contributed by atoms with E-state index in [-0.39, 0.29) is 24.1 Å². The fourth-order valence-corrected chi connectivity index (χ4v) is 3.84. The number of amides is 1. The van der Waals surface area contributed by atoms with Gasteiger partial charge in [-0.05, 0) is 30.5 Å². The highest BCUT2D eigenvalue weighted by molar-refractivity contribution is 5.88. The zero-order chi connectivity index (χ0) is 16.1. The topological polar surface area (TPSA) is 44.4 Å². The zero-order valence-corrected chi connectivity index (χ0v) is 14.8. The first kappa shape index (κ1) is 19.2. The molecule has 1 heterocycles. The number of carbonyl (C=O) groups excluding carboxylic acids is 1. The molecule has 0 unspecified atom stereocenters. The summed E-state index contributed by atoms with van der Waals surface area (Å²) in [5.74, 6) is -0.196. The van der Waals surface area contributed by atoms with Crippen LogP contribution in [-0.2, 0) is 10.2 Å². The van der Waals surface area contributed by atoms with Crippen molar-refractivity contribution in [2.75, 3.05) is 39.3 Å². The standard InChI is InChI=1S/C18H26FN3O.ClH/c19-16-5-3-4-15(14-16)18(6-1-2-7-18)17(23)21-10-13-22-11-8-20-9-12-22;/h3-5,14,20H,1-2,6-13H2,(H,21,23);1H. The molecule has 2 N–H and O–H groups in total. The van der Waals surface area contributed by atoms with Crippen molar-refractivity contribution in [3.8, 4) is 0 Å². The van der Waals surface area contributed by atoms with Crippen molar-refractivity contribution in [3.05, 3.63) is 35.6 Å². The van der Waals surface area contributed by atoms with Crippen molar-refractivity contribution in [1.29, 1.82) is 0 Å². The molecular formula is C18H27ClFN3O. The van der Waals surface area contributed by atoms with Crippen molar-refractivity contribution in [3.63, 3.8) is 0 Å². The third-order valence-corrected chi connectivity index (χ3v) is 5.19. The maximum atomic E-state index is 13.6. The van der Waals surface area contributed by atoms with E-state index in [9.17, 15) is 9.18 Å². The summed E-state index contributed by atoms with van der Waals surface area (Å²) >= 11 is 0. The van der Waals surface area contributed by atoms with Crippen molar-refractivity contribution in [2.45, 2.75) is 31.1 Å². The number of rotatable bonds is 5. The molecule has 2 fully saturated rings. The maximum Gasteiger partial charge on any atom is 0.230 e. The normalized spacial score (nSPS) is 20.4. The predicted octanol–water partition coefficient (Wildman–Crippen LogP) is 2.08. The van der Waals surface area contributed by atoms with Crippen LogP contribution in [0.25, 0.3) is 0 Å². The van der Waals surface area contributed by atoms with Crippen LogP contribution in [-0.4, -0.2) is 50.1 Å². The third kappa shape index (κ3) is 4.26. The van der Waals surface area contributed by atoms with Gasteiger partial charge in [-0.25, -0.2) is 4.39 Å². The summed E-state index contributed by atoms with van der Waals surface area (Å²) in [4.78, 5) is 15.2. The average Bonchev–Trinajstić information content (AvgIpc) is 3.07. The highest BCUT2D eigenvalue weighted by Crippen LogP contribution is 2.41. The van der Waals surface area contributed by atoms with Gasteiger partial charge in [-0.3, -0.25) is 9.69 Å². The molecule has 1 aromatic rings. The van der Waals surface area contributed by atoms with Crippen LogP contribution < -0.4 is 10.6 Å². The van der Waals surface area contributed by atoms with Crippen LogP contribution in [0.2, 0.25) is 0 Å². The Morgan fingerprint density at radius 1 is 1.25 bits per heavy atom. The quantitative estimate of drug-likeness (QED) is 0.850. The molecule has 1 saturated heterocycles. The highest BCUT2D eigenvalue weighted by atomic mass is 35.5. The van der Waals surface area contributed by atoms with E-state index in [0.717, 1.165) is 64.0 Å². The van der Waals surface area contributed by atoms with Crippen LogP contribution in [0, 0.1) is 5.82 Å². The molecule has 0 spiro atoms. The molecule has 1 aliphatic heterocycles. The van der Waals surface area contributed by atoms with Crippen LogP contribution in [0.5, 0.6) is 0 Å². The number of carbonyl (C=O) groups is 1. The van der Waals surface area contributed by atoms with Gasteiger partial charge < -0.3 is 10.6 Å². The Hall–Kier alpha value is -1.17. The van der Waals surface area contributed by atoms with Gasteiger partial charge in [0.05, 0.1) is 5.41 Å². The number of benzene rings is 1. The molecule has 4 nitrogen and oxygen atoms in total. The molecule has 6 heteroatoms. The van der Waals surface area contributed by atoms with Gasteiger partial charge in [0.1, 0.15) is 5.82 Å². The van der Waals surface area contributed by atoms with Crippen LogP contribution >= 0.6 is 12.4 Å². The lowest BCUT2D eigenvalue weighted by atomic mass is 9.78. The monoisotopic (exact) mass is 355 g/mol. The summed E-state index contributed by atoms with van der Waals surface area (Å²) in [6.45, 7) is 5.64. The Balaban J connectivity index is 0.00000208. The van der Waals surface area contributed by atoms with Crippen LogP contribution in [0.15, 0.2) is 24.3 Å². The Morgan fingerprint density at radius 2 is 1.96 bits per heavy atom. The van der Waals surface area contributed by atoms with Crippen molar-refractivity contribution < 1.29 is 9.18 Å². The first-order chi connectivity index (χ1) is 11.2. The minimum absolute atomic E-state index is 0. The summed E-state index contributed by atoms with van der Waals surface area (Å²) in [6, 6.07) is 6.57. The second-order valence-electron chi connectivity index (χ2n) is 6.65. The molecule has 0 aromatic heterocycles. The molecule has 134 valence electrons. The van der Waals surface area contributed by atoms with E-state index < -0.39 is 5.41 Å². The zero-order valence-electron chi connectivity index (χ0n) is 14.0. The van der Waals surface area contributed by atoms with Crippen LogP contribution in [0.3, 0.4) is 0 Å². The third-order valence-electron chi connectivity index (χ3n) is 5.19. The minimum Gasteiger partial charge on any atom is -0.354 e. The second-order valence-corrected chi connectivity index (χ2v) is 6.65. The number of nitrogens with one attached hydrogen (secondary N) is 2. The minimum atomic E-state index is -0.536. The van der Waals surface area contributed by atoms with Crippen LogP contribution in [0.1, 0.15) is 31.2 Å². The van der Waals surface area contributed by atoms with E-state index in [1.807, 2.05) is 6.07 Å². The van der Waals surface area contributed by atoms with Gasteiger partial charge in [0, 0.05) is 39.3 Å². The molecule has 1 saturated carbocycles. The molecule has 2 aliphatic rings. The molecule has 0 bridgehead atoms. The molecule has 0 radical (unpaired) electrons. The second kappa shape index (κ2) is 8.79. The Bertz CT molecular complexity index is 543. The van der Waals surface area contributed by atoms with Crippen molar-refractivity contribution in [1.82, 2.24) is 15.5 Å². The van der Waals surface area contributed by atoms with Gasteiger partial charge >= 0.3 is 0 Å². The van der Waals surface area contributed by atoms with E-state index in [0.29, 0.717) is 6.54 Å². The smallest absolute Gasteiger partial charge is 0.230 e. The van der Waals surface area contributed by atoms with E-state index >= 15 is 0 Å². The first-order valence-electron chi connectivity index (χ1n) is 8.68. The lowest BCUT2D eigenvalue weighted by molar-refractivity contribution is -0.126. The number of nitrogens with zero attached hydrogens (tertiary/aromatic N) is 1. The van der Waals surface area contributed by atoms with E-state index in [1.165, 1.54) is 12.1 Å². The summed E-state index contributed by atoms with van der Waals surface area (Å²) in [5.41, 5.74) is 0.292. The highest BCUT2D eigenvalue weighted by Gasteiger charge is 2.42. The summed E-state index contributed by atoms with van der Waals surface area (Å²) < 4.78 is 13.6. The number of piperazine rings is 1. The Kier molecular flexibility index (Phi) is 7.02. The summed E-state index contributed by atoms with van der Waals surface area (Å²) in [7, 11) is 0. The molecule has 24 heavy (non-hydrogen) atoms. The van der Waals surface area contributed by atoms with Gasteiger partial charge in [0.2, 0.25) is 5.91 Å². The number of halogens is 2. The van der Waals surface area contributed by atoms with E-state index in [1.54, 1.807) is 6.07 Å². The Labute approximate surface area is 149 Å². The lowest BCUT2D eigenvalue weighted by Crippen LogP contribution is -2.48. The Morgan fingerprint density at radius 3 is 2.62 bits per heavy atom. The predicted molar refractivity (Wildman–Crippen MR) is 96.1 cm³/mol. The molecule has 0 atom stereocenters. The van der Waals surface area contributed by atoms with Gasteiger partial charge in [-0.15, -0.1) is 12.4 Å². The van der Waals surface area contributed by atoms with Gasteiger partial charge in [-0.1, -0.05) is 25.0 Å². The molecular weight excluding hydrogens is 329 g/mol. The van der Waals surface area contributed by atoms with Crippen molar-refractivity contribution >= 4 is 18.3 Å². The van der Waals surface area contributed by atoms with E-state index in [2.05, 4.69) is 15.5 Å². The van der Waals surface area contributed by atoms with Gasteiger partial charge in [0.25, 0.3) is 0 Å². The first-order valence-corrected chi connectivity index (χ1v) is 8.68. The number of hydrogen-bond acceptors (Lipinski definition) is 3. The lowest BCUT2D eigenvalue weighted by Gasteiger charge is -2.30. The molecule has 1 aliphatic carbocycles.